The van der Waals surface area contributed by atoms with Crippen LogP contribution in [0.15, 0.2) is 0 Å². The van der Waals surface area contributed by atoms with Crippen molar-refractivity contribution in [1.82, 2.24) is 0 Å². The summed E-state index contributed by atoms with van der Waals surface area (Å²) in [5.41, 5.74) is 0. The molecule has 0 rings (SSSR count). The van der Waals surface area contributed by atoms with Gasteiger partial charge >= 0.3 is 5.97 Å². The van der Waals surface area contributed by atoms with Gasteiger partial charge in [0.2, 0.25) is 0 Å². The van der Waals surface area contributed by atoms with Crippen molar-refractivity contribution >= 4 is 16.8 Å². The molecule has 0 spiro atoms. The molecule has 2 atom stereocenters. The number of hydrogen-bond acceptors (Lipinski definition) is 4. The fraction of sp³-hybridized carbons (Fsp3) is 0.941. The normalized spacial score (nSPS) is 13.5. The lowest BCUT2D eigenvalue weighted by atomic mass is 10.1. The highest BCUT2D eigenvalue weighted by Crippen LogP contribution is 2.14. The van der Waals surface area contributed by atoms with Gasteiger partial charge in [-0.05, 0) is 6.42 Å². The van der Waals surface area contributed by atoms with Gasteiger partial charge in [0.25, 0.3) is 5.37 Å². The second kappa shape index (κ2) is 15.5. The van der Waals surface area contributed by atoms with Crippen molar-refractivity contribution in [2.75, 3.05) is 5.75 Å². The second-order valence-corrected chi connectivity index (χ2v) is 8.01. The van der Waals surface area contributed by atoms with Crippen LogP contribution < -0.4 is 0 Å². The zero-order valence-corrected chi connectivity index (χ0v) is 15.7. The summed E-state index contributed by atoms with van der Waals surface area (Å²) in [6.07, 6.45) is 12.8. The van der Waals surface area contributed by atoms with E-state index in [2.05, 4.69) is 6.92 Å². The van der Waals surface area contributed by atoms with Crippen LogP contribution in [0.2, 0.25) is 0 Å². The Kier molecular flexibility index (Phi) is 14.9. The predicted octanol–water partition coefficient (Wildman–Crippen LogP) is 4.51. The van der Waals surface area contributed by atoms with Crippen LogP contribution >= 0.6 is 0 Å². The van der Waals surface area contributed by atoms with Crippen molar-refractivity contribution in [3.8, 4) is 0 Å². The maximum Gasteiger partial charge on any atom is 0.304 e. The van der Waals surface area contributed by atoms with Crippen molar-refractivity contribution in [2.45, 2.75) is 95.8 Å². The van der Waals surface area contributed by atoms with E-state index in [1.165, 1.54) is 44.9 Å². The molecule has 0 bridgehead atoms. The molecule has 0 aliphatic heterocycles. The minimum absolute atomic E-state index is 0.140. The average molecular weight is 364 g/mol. The molecule has 0 fully saturated rings. The third-order valence-electron chi connectivity index (χ3n) is 4.11. The topological polar surface area (TPSA) is 97.5 Å². The zero-order chi connectivity index (χ0) is 18.2. The van der Waals surface area contributed by atoms with Gasteiger partial charge in [-0.3, -0.25) is 19.1 Å². The Hall–Kier alpha value is -0.980. The van der Waals surface area contributed by atoms with Gasteiger partial charge in [0.1, 0.15) is 0 Å². The van der Waals surface area contributed by atoms with E-state index in [1.807, 2.05) is 0 Å². The van der Waals surface area contributed by atoms with E-state index in [-0.39, 0.29) is 18.6 Å². The number of hydrogen-bond donors (Lipinski definition) is 1. The third kappa shape index (κ3) is 13.5. The van der Waals surface area contributed by atoms with Crippen LogP contribution in [-0.2, 0) is 15.6 Å². The number of nitrogens with zero attached hydrogens (tertiary/aromatic N) is 1. The molecule has 0 radical (unpaired) electrons. The maximum atomic E-state index is 11.8. The van der Waals surface area contributed by atoms with Gasteiger partial charge in [0.15, 0.2) is 0 Å². The average Bonchev–Trinajstić information content (AvgIpc) is 2.53. The molecule has 7 heteroatoms. The van der Waals surface area contributed by atoms with Crippen molar-refractivity contribution < 1.29 is 19.0 Å². The van der Waals surface area contributed by atoms with E-state index in [1.54, 1.807) is 0 Å². The summed E-state index contributed by atoms with van der Waals surface area (Å²) < 4.78 is 11.8. The Bertz CT molecular complexity index is 376. The molecule has 0 aliphatic rings. The summed E-state index contributed by atoms with van der Waals surface area (Å²) in [5, 5.41) is 18.4. The number of rotatable bonds is 17. The molecule has 1 N–H and O–H groups in total. The third-order valence-corrected chi connectivity index (χ3v) is 5.73. The number of unbranched alkanes of at least 4 members (excludes halogenated alkanes) is 10. The van der Waals surface area contributed by atoms with E-state index in [9.17, 15) is 19.1 Å². The highest BCUT2D eigenvalue weighted by molar-refractivity contribution is 7.85. The molecule has 0 aromatic heterocycles. The monoisotopic (exact) mass is 363 g/mol. The van der Waals surface area contributed by atoms with Crippen LogP contribution in [0.25, 0.3) is 0 Å². The lowest BCUT2D eigenvalue weighted by molar-refractivity contribution is -0.497. The smallest absolute Gasteiger partial charge is 0.304 e. The van der Waals surface area contributed by atoms with E-state index >= 15 is 0 Å². The number of carboxylic acid groups (broad SMARTS) is 1. The summed E-state index contributed by atoms with van der Waals surface area (Å²) in [4.78, 5) is 20.9. The lowest BCUT2D eigenvalue weighted by Crippen LogP contribution is -2.27. The molecule has 0 aromatic carbocycles. The second-order valence-electron chi connectivity index (χ2n) is 6.29. The fourth-order valence-electron chi connectivity index (χ4n) is 2.64. The number of aliphatic carboxylic acids is 1. The number of carboxylic acids is 1. The molecule has 6 nitrogen and oxygen atoms in total. The van der Waals surface area contributed by atoms with Gasteiger partial charge in [0.05, 0.1) is 17.2 Å². The Labute approximate surface area is 148 Å². The molecule has 0 saturated carbocycles. The predicted molar refractivity (Wildman–Crippen MR) is 97.1 cm³/mol. The molecule has 0 saturated heterocycles. The van der Waals surface area contributed by atoms with Crippen molar-refractivity contribution in [2.24, 2.45) is 0 Å². The molecule has 0 amide bonds. The molecule has 0 heterocycles. The first kappa shape index (κ1) is 23.0. The first-order valence-electron chi connectivity index (χ1n) is 9.21. The molecular weight excluding hydrogens is 330 g/mol. The Morgan fingerprint density at radius 2 is 1.46 bits per heavy atom. The van der Waals surface area contributed by atoms with Gasteiger partial charge < -0.3 is 5.11 Å². The van der Waals surface area contributed by atoms with E-state index in [4.69, 9.17) is 5.11 Å². The lowest BCUT2D eigenvalue weighted by Gasteiger charge is -2.08. The van der Waals surface area contributed by atoms with Crippen LogP contribution in [0.3, 0.4) is 0 Å². The Morgan fingerprint density at radius 1 is 1.00 bits per heavy atom. The number of carbonyl (C=O) groups is 1. The summed E-state index contributed by atoms with van der Waals surface area (Å²) in [5.74, 6) is -1.21. The molecule has 0 aromatic rings. The Balaban J connectivity index is 3.66. The van der Waals surface area contributed by atoms with Gasteiger partial charge in [0, 0.05) is 17.1 Å². The van der Waals surface area contributed by atoms with Gasteiger partial charge in [-0.2, -0.15) is 0 Å². The Morgan fingerprint density at radius 3 is 1.88 bits per heavy atom. The minimum Gasteiger partial charge on any atom is -0.481 e. The minimum atomic E-state index is -1.70. The first-order chi connectivity index (χ1) is 11.5. The largest absolute Gasteiger partial charge is 0.481 e. The summed E-state index contributed by atoms with van der Waals surface area (Å²) in [7, 11) is -1.70. The summed E-state index contributed by atoms with van der Waals surface area (Å²) in [6, 6.07) is 0. The highest BCUT2D eigenvalue weighted by atomic mass is 32.2. The molecule has 24 heavy (non-hydrogen) atoms. The van der Waals surface area contributed by atoms with Crippen molar-refractivity contribution in [3.63, 3.8) is 0 Å². The first-order valence-corrected chi connectivity index (χ1v) is 10.6. The van der Waals surface area contributed by atoms with Gasteiger partial charge in [-0.1, -0.05) is 71.1 Å². The van der Waals surface area contributed by atoms with Crippen LogP contribution in [0.5, 0.6) is 0 Å². The zero-order valence-electron chi connectivity index (χ0n) is 14.9. The van der Waals surface area contributed by atoms with Gasteiger partial charge in [-0.25, -0.2) is 0 Å². The SMILES string of the molecule is CCCCCCCCCCCCCC([N+](=O)[O-])S(=O)CCC(=O)O. The van der Waals surface area contributed by atoms with E-state index in [0.717, 1.165) is 19.3 Å². The molecule has 2 unspecified atom stereocenters. The fourth-order valence-corrected chi connectivity index (χ4v) is 3.91. The van der Waals surface area contributed by atoms with Crippen LogP contribution in [0.1, 0.15) is 90.4 Å². The maximum absolute atomic E-state index is 11.8. The van der Waals surface area contributed by atoms with E-state index < -0.39 is 27.1 Å². The summed E-state index contributed by atoms with van der Waals surface area (Å²) in [6.45, 7) is 2.21. The van der Waals surface area contributed by atoms with Crippen LogP contribution in [-0.4, -0.2) is 31.3 Å². The molecule has 142 valence electrons. The van der Waals surface area contributed by atoms with Crippen molar-refractivity contribution in [1.29, 1.82) is 0 Å². The summed E-state index contributed by atoms with van der Waals surface area (Å²) >= 11 is 0. The molecule has 0 aliphatic carbocycles. The highest BCUT2D eigenvalue weighted by Gasteiger charge is 2.27. The standard InChI is InChI=1S/C17H33NO5S/c1-2-3-4-5-6-7-8-9-10-11-12-13-16(18(21)22)24(23)15-14-17(19)20/h16H,2-15H2,1H3,(H,19,20). The van der Waals surface area contributed by atoms with Crippen LogP contribution in [0, 0.1) is 10.1 Å². The number of nitro groups is 1. The quantitative estimate of drug-likeness (QED) is 0.233. The van der Waals surface area contributed by atoms with Crippen molar-refractivity contribution in [3.05, 3.63) is 10.1 Å². The van der Waals surface area contributed by atoms with Crippen LogP contribution in [0.4, 0.5) is 0 Å². The molecular formula is C17H33NO5S. The van der Waals surface area contributed by atoms with Gasteiger partial charge in [-0.15, -0.1) is 0 Å². The van der Waals surface area contributed by atoms with E-state index in [0.29, 0.717) is 6.42 Å².